The highest BCUT2D eigenvalue weighted by Crippen LogP contribution is 2.28. The van der Waals surface area contributed by atoms with Crippen LogP contribution in [0.4, 0.5) is 0 Å². The molecule has 0 spiro atoms. The van der Waals surface area contributed by atoms with Crippen LogP contribution in [0.3, 0.4) is 0 Å². The molecular weight excluding hydrogens is 252 g/mol. The molecule has 20 heavy (non-hydrogen) atoms. The molecule has 0 radical (unpaired) electrons. The molecule has 0 bridgehead atoms. The first-order chi connectivity index (χ1) is 9.49. The third kappa shape index (κ3) is 4.93. The summed E-state index contributed by atoms with van der Waals surface area (Å²) >= 11 is 0. The highest BCUT2D eigenvalue weighted by Gasteiger charge is 2.29. The summed E-state index contributed by atoms with van der Waals surface area (Å²) in [5, 5.41) is 3.49. The lowest BCUT2D eigenvalue weighted by molar-refractivity contribution is 0.139. The fourth-order valence-corrected chi connectivity index (χ4v) is 2.27. The van der Waals surface area contributed by atoms with Crippen LogP contribution in [-0.4, -0.2) is 36.7 Å². The maximum Gasteiger partial charge on any atom is 0.122 e. The first-order valence-electron chi connectivity index (χ1n) is 7.53. The Morgan fingerprint density at radius 1 is 1.40 bits per heavy atom. The fourth-order valence-electron chi connectivity index (χ4n) is 2.27. The van der Waals surface area contributed by atoms with Crippen LogP contribution in [0.1, 0.15) is 44.9 Å². The Hall–Kier alpha value is -0.840. The number of ether oxygens (including phenoxy) is 1. The summed E-state index contributed by atoms with van der Waals surface area (Å²) < 4.78 is 10.9. The summed E-state index contributed by atoms with van der Waals surface area (Å²) in [4.78, 5) is 2.51. The minimum absolute atomic E-state index is 0.107. The lowest BCUT2D eigenvalue weighted by Crippen LogP contribution is -2.35. The average Bonchev–Trinajstić information content (AvgIpc) is 3.12. The summed E-state index contributed by atoms with van der Waals surface area (Å²) in [6.45, 7) is 10.1. The Kier molecular flexibility index (Phi) is 5.24. The van der Waals surface area contributed by atoms with Crippen molar-refractivity contribution in [1.82, 2.24) is 10.2 Å². The van der Waals surface area contributed by atoms with Gasteiger partial charge in [-0.15, -0.1) is 0 Å². The summed E-state index contributed by atoms with van der Waals surface area (Å²) in [6, 6.07) is 2.84. The predicted octanol–water partition coefficient (Wildman–Crippen LogP) is 2.78. The van der Waals surface area contributed by atoms with E-state index in [-0.39, 0.29) is 5.54 Å². The predicted molar refractivity (Wildman–Crippen MR) is 80.6 cm³/mol. The van der Waals surface area contributed by atoms with Gasteiger partial charge in [-0.25, -0.2) is 0 Å². The van der Waals surface area contributed by atoms with Crippen molar-refractivity contribution in [1.29, 1.82) is 0 Å². The SMILES string of the molecule is COCCN(Cc1ccoc1CNC(C)(C)C)C1CC1. The summed E-state index contributed by atoms with van der Waals surface area (Å²) in [5.41, 5.74) is 1.40. The Bertz CT molecular complexity index is 405. The van der Waals surface area contributed by atoms with E-state index in [1.54, 1.807) is 13.4 Å². The number of rotatable bonds is 8. The maximum atomic E-state index is 5.65. The van der Waals surface area contributed by atoms with Crippen molar-refractivity contribution in [2.45, 2.75) is 58.3 Å². The molecule has 4 heteroatoms. The van der Waals surface area contributed by atoms with Gasteiger partial charge in [0.25, 0.3) is 0 Å². The second-order valence-electron chi connectivity index (χ2n) is 6.67. The molecule has 2 rings (SSSR count). The first-order valence-corrected chi connectivity index (χ1v) is 7.53. The van der Waals surface area contributed by atoms with Gasteiger partial charge in [0, 0.05) is 37.3 Å². The van der Waals surface area contributed by atoms with Crippen molar-refractivity contribution in [2.24, 2.45) is 0 Å². The molecule has 0 amide bonds. The van der Waals surface area contributed by atoms with Gasteiger partial charge in [-0.3, -0.25) is 4.90 Å². The molecule has 0 atom stereocenters. The Morgan fingerprint density at radius 2 is 2.15 bits per heavy atom. The van der Waals surface area contributed by atoms with Gasteiger partial charge >= 0.3 is 0 Å². The fraction of sp³-hybridized carbons (Fsp3) is 0.750. The van der Waals surface area contributed by atoms with Crippen molar-refractivity contribution in [3.05, 3.63) is 23.7 Å². The lowest BCUT2D eigenvalue weighted by atomic mass is 10.1. The molecule has 1 aromatic rings. The van der Waals surface area contributed by atoms with E-state index in [1.165, 1.54) is 18.4 Å². The Morgan fingerprint density at radius 3 is 2.75 bits per heavy atom. The summed E-state index contributed by atoms with van der Waals surface area (Å²) in [5.74, 6) is 1.06. The topological polar surface area (TPSA) is 37.6 Å². The zero-order valence-electron chi connectivity index (χ0n) is 13.2. The third-order valence-corrected chi connectivity index (χ3v) is 3.64. The van der Waals surface area contributed by atoms with Gasteiger partial charge in [-0.2, -0.15) is 0 Å². The van der Waals surface area contributed by atoms with Crippen LogP contribution in [0.15, 0.2) is 16.7 Å². The first kappa shape index (κ1) is 15.5. The van der Waals surface area contributed by atoms with Crippen LogP contribution in [0.2, 0.25) is 0 Å². The zero-order valence-corrected chi connectivity index (χ0v) is 13.2. The van der Waals surface area contributed by atoms with Crippen LogP contribution in [0.5, 0.6) is 0 Å². The highest BCUT2D eigenvalue weighted by molar-refractivity contribution is 5.17. The molecule has 0 saturated heterocycles. The van der Waals surface area contributed by atoms with Gasteiger partial charge in [0.1, 0.15) is 5.76 Å². The van der Waals surface area contributed by atoms with Crippen molar-refractivity contribution < 1.29 is 9.15 Å². The standard InChI is InChI=1S/C16H28N2O2/c1-16(2,3)17-11-15-13(7-9-20-15)12-18(8-10-19-4)14-5-6-14/h7,9,14,17H,5-6,8,10-12H2,1-4H3. The molecule has 1 aliphatic carbocycles. The van der Waals surface area contributed by atoms with Crippen LogP contribution < -0.4 is 5.32 Å². The normalized spacial score (nSPS) is 16.1. The van der Waals surface area contributed by atoms with E-state index in [0.29, 0.717) is 0 Å². The quantitative estimate of drug-likeness (QED) is 0.794. The average molecular weight is 280 g/mol. The van der Waals surface area contributed by atoms with E-state index < -0.39 is 0 Å². The number of hydrogen-bond donors (Lipinski definition) is 1. The molecule has 1 heterocycles. The molecule has 1 fully saturated rings. The van der Waals surface area contributed by atoms with Gasteiger partial charge in [0.05, 0.1) is 19.4 Å². The monoisotopic (exact) mass is 280 g/mol. The van der Waals surface area contributed by atoms with E-state index in [1.807, 2.05) is 0 Å². The molecule has 114 valence electrons. The smallest absolute Gasteiger partial charge is 0.122 e. The van der Waals surface area contributed by atoms with Crippen molar-refractivity contribution >= 4 is 0 Å². The Balaban J connectivity index is 1.92. The number of methoxy groups -OCH3 is 1. The van der Waals surface area contributed by atoms with Crippen molar-refractivity contribution in [2.75, 3.05) is 20.3 Å². The van der Waals surface area contributed by atoms with Crippen LogP contribution in [-0.2, 0) is 17.8 Å². The van der Waals surface area contributed by atoms with E-state index in [9.17, 15) is 0 Å². The molecule has 0 aliphatic heterocycles. The van der Waals surface area contributed by atoms with Crippen LogP contribution in [0, 0.1) is 0 Å². The van der Waals surface area contributed by atoms with Gasteiger partial charge in [0.2, 0.25) is 0 Å². The minimum atomic E-state index is 0.107. The van der Waals surface area contributed by atoms with Crippen molar-refractivity contribution in [3.8, 4) is 0 Å². The summed E-state index contributed by atoms with van der Waals surface area (Å²) in [6.07, 6.45) is 4.44. The van der Waals surface area contributed by atoms with Crippen LogP contribution >= 0.6 is 0 Å². The van der Waals surface area contributed by atoms with Gasteiger partial charge < -0.3 is 14.5 Å². The van der Waals surface area contributed by atoms with E-state index >= 15 is 0 Å². The van der Waals surface area contributed by atoms with Gasteiger partial charge in [-0.1, -0.05) is 0 Å². The maximum absolute atomic E-state index is 5.65. The second-order valence-corrected chi connectivity index (χ2v) is 6.67. The molecule has 1 N–H and O–H groups in total. The summed E-state index contributed by atoms with van der Waals surface area (Å²) in [7, 11) is 1.77. The molecule has 0 unspecified atom stereocenters. The number of nitrogens with one attached hydrogen (secondary N) is 1. The number of nitrogens with zero attached hydrogens (tertiary/aromatic N) is 1. The Labute approximate surface area is 122 Å². The number of furan rings is 1. The van der Waals surface area contributed by atoms with E-state index in [2.05, 4.69) is 37.1 Å². The lowest BCUT2D eigenvalue weighted by Gasteiger charge is -2.23. The number of hydrogen-bond acceptors (Lipinski definition) is 4. The van der Waals surface area contributed by atoms with Gasteiger partial charge in [-0.05, 0) is 39.7 Å². The molecule has 4 nitrogen and oxygen atoms in total. The second kappa shape index (κ2) is 6.74. The van der Waals surface area contributed by atoms with Crippen LogP contribution in [0.25, 0.3) is 0 Å². The van der Waals surface area contributed by atoms with Gasteiger partial charge in [0.15, 0.2) is 0 Å². The molecule has 1 saturated carbocycles. The third-order valence-electron chi connectivity index (χ3n) is 3.64. The zero-order chi connectivity index (χ0) is 14.6. The molecule has 0 aromatic carbocycles. The molecular formula is C16H28N2O2. The highest BCUT2D eigenvalue weighted by atomic mass is 16.5. The van der Waals surface area contributed by atoms with E-state index in [4.69, 9.17) is 9.15 Å². The van der Waals surface area contributed by atoms with Crippen molar-refractivity contribution in [3.63, 3.8) is 0 Å². The molecule has 1 aliphatic rings. The minimum Gasteiger partial charge on any atom is -0.468 e. The molecule has 1 aromatic heterocycles. The van der Waals surface area contributed by atoms with E-state index in [0.717, 1.165) is 38.0 Å². The largest absolute Gasteiger partial charge is 0.468 e.